The van der Waals surface area contributed by atoms with Crippen LogP contribution in [0.4, 0.5) is 10.5 Å². The van der Waals surface area contributed by atoms with E-state index in [1.807, 2.05) is 24.3 Å². The number of rotatable bonds is 10. The largest absolute Gasteiger partial charge is 0.338 e. The highest BCUT2D eigenvalue weighted by Crippen LogP contribution is 2.29. The van der Waals surface area contributed by atoms with E-state index in [1.165, 1.54) is 6.07 Å². The molecule has 45 heavy (non-hydrogen) atoms. The molecule has 4 aromatic carbocycles. The summed E-state index contributed by atoms with van der Waals surface area (Å²) in [5.74, 6) is -0.708. The van der Waals surface area contributed by atoms with Crippen molar-refractivity contribution in [2.45, 2.75) is 57.4 Å². The number of carbonyl (C=O) groups excluding carboxylic acids is 2. The van der Waals surface area contributed by atoms with Crippen molar-refractivity contribution in [1.82, 2.24) is 10.0 Å². The Morgan fingerprint density at radius 1 is 0.867 bits per heavy atom. The third kappa shape index (κ3) is 8.37. The van der Waals surface area contributed by atoms with Gasteiger partial charge in [-0.3, -0.25) is 9.69 Å². The monoisotopic (exact) mass is 622 g/mol. The van der Waals surface area contributed by atoms with Crippen LogP contribution in [0.2, 0.25) is 0 Å². The zero-order valence-corrected chi connectivity index (χ0v) is 26.8. The molecule has 0 aromatic heterocycles. The minimum absolute atomic E-state index is 0.0214. The number of sulfonamides is 1. The number of unbranched alkanes of at least 4 members (excludes halogenated alkanes) is 1. The van der Waals surface area contributed by atoms with Crippen LogP contribution in [0.1, 0.15) is 67.6 Å². The molecular formula is C36H38N4O4S. The van der Waals surface area contributed by atoms with Crippen molar-refractivity contribution in [2.24, 2.45) is 0 Å². The molecule has 0 atom stereocenters. The fourth-order valence-corrected chi connectivity index (χ4v) is 5.94. The first kappa shape index (κ1) is 33.0. The SMILES string of the molecule is CCCCNC(=O)N(Cc1ccc(-c2ccccc2S(=O)(=O)NC(=O)c2ccc(C(C)(C)C)cc2)cc1)c1ccc(C#N)cc1. The Morgan fingerprint density at radius 2 is 1.51 bits per heavy atom. The molecular weight excluding hydrogens is 584 g/mol. The van der Waals surface area contributed by atoms with Crippen LogP contribution in [0.15, 0.2) is 102 Å². The van der Waals surface area contributed by atoms with Crippen LogP contribution in [0.5, 0.6) is 0 Å². The lowest BCUT2D eigenvalue weighted by atomic mass is 9.87. The summed E-state index contributed by atoms with van der Waals surface area (Å²) in [5.41, 5.74) is 4.23. The summed E-state index contributed by atoms with van der Waals surface area (Å²) < 4.78 is 29.1. The molecule has 0 fully saturated rings. The van der Waals surface area contributed by atoms with E-state index in [9.17, 15) is 23.3 Å². The molecule has 8 nitrogen and oxygen atoms in total. The third-order valence-corrected chi connectivity index (χ3v) is 8.77. The summed E-state index contributed by atoms with van der Waals surface area (Å²) in [7, 11) is -4.20. The lowest BCUT2D eigenvalue weighted by Crippen LogP contribution is -2.40. The Kier molecular flexibility index (Phi) is 10.4. The van der Waals surface area contributed by atoms with Crippen molar-refractivity contribution in [3.05, 3.63) is 119 Å². The Hall–Kier alpha value is -4.94. The van der Waals surface area contributed by atoms with Gasteiger partial charge >= 0.3 is 6.03 Å². The summed E-state index contributed by atoms with van der Waals surface area (Å²) in [5, 5.41) is 12.1. The molecule has 0 radical (unpaired) electrons. The topological polar surface area (TPSA) is 119 Å². The van der Waals surface area contributed by atoms with Crippen molar-refractivity contribution >= 4 is 27.6 Å². The number of anilines is 1. The Bertz CT molecular complexity index is 1790. The summed E-state index contributed by atoms with van der Waals surface area (Å²) in [6.07, 6.45) is 1.80. The molecule has 0 bridgehead atoms. The first-order valence-corrected chi connectivity index (χ1v) is 16.3. The molecule has 0 aliphatic rings. The number of nitriles is 1. The van der Waals surface area contributed by atoms with Crippen molar-refractivity contribution in [2.75, 3.05) is 11.4 Å². The van der Waals surface area contributed by atoms with E-state index in [1.54, 1.807) is 71.6 Å². The lowest BCUT2D eigenvalue weighted by Gasteiger charge is -2.24. The number of hydrogen-bond acceptors (Lipinski definition) is 5. The minimum Gasteiger partial charge on any atom is -0.338 e. The smallest absolute Gasteiger partial charge is 0.322 e. The number of benzene rings is 4. The van der Waals surface area contributed by atoms with Crippen LogP contribution in [0.25, 0.3) is 11.1 Å². The van der Waals surface area contributed by atoms with Gasteiger partial charge in [0.25, 0.3) is 15.9 Å². The van der Waals surface area contributed by atoms with Gasteiger partial charge in [0.2, 0.25) is 0 Å². The van der Waals surface area contributed by atoms with Crippen molar-refractivity contribution in [3.8, 4) is 17.2 Å². The fourth-order valence-electron chi connectivity index (χ4n) is 4.73. The van der Waals surface area contributed by atoms with Gasteiger partial charge in [-0.25, -0.2) is 17.9 Å². The molecule has 0 unspecified atom stereocenters. The van der Waals surface area contributed by atoms with E-state index in [2.05, 4.69) is 43.8 Å². The predicted molar refractivity (Wildman–Crippen MR) is 177 cm³/mol. The first-order chi connectivity index (χ1) is 21.4. The van der Waals surface area contributed by atoms with Gasteiger partial charge in [-0.05, 0) is 71.0 Å². The van der Waals surface area contributed by atoms with E-state index in [0.717, 1.165) is 24.0 Å². The molecule has 0 heterocycles. The molecule has 0 saturated carbocycles. The van der Waals surface area contributed by atoms with Gasteiger partial charge in [-0.15, -0.1) is 0 Å². The van der Waals surface area contributed by atoms with E-state index in [-0.39, 0.29) is 28.4 Å². The quantitative estimate of drug-likeness (QED) is 0.182. The number of hydrogen-bond donors (Lipinski definition) is 2. The average molecular weight is 623 g/mol. The summed E-state index contributed by atoms with van der Waals surface area (Å²) in [4.78, 5) is 27.6. The Balaban J connectivity index is 1.56. The maximum atomic E-state index is 13.4. The fraction of sp³-hybridized carbons (Fsp3) is 0.250. The van der Waals surface area contributed by atoms with Crippen LogP contribution in [0, 0.1) is 11.3 Å². The predicted octanol–water partition coefficient (Wildman–Crippen LogP) is 7.16. The highest BCUT2D eigenvalue weighted by molar-refractivity contribution is 7.90. The molecule has 0 aliphatic carbocycles. The number of nitrogens with one attached hydrogen (secondary N) is 2. The molecule has 0 saturated heterocycles. The van der Waals surface area contributed by atoms with E-state index in [0.29, 0.717) is 28.9 Å². The van der Waals surface area contributed by atoms with Gasteiger partial charge in [0.1, 0.15) is 0 Å². The van der Waals surface area contributed by atoms with Crippen LogP contribution in [-0.4, -0.2) is 26.9 Å². The minimum atomic E-state index is -4.20. The molecule has 4 rings (SSSR count). The third-order valence-electron chi connectivity index (χ3n) is 7.38. The van der Waals surface area contributed by atoms with Crippen molar-refractivity contribution in [1.29, 1.82) is 5.26 Å². The molecule has 0 spiro atoms. The lowest BCUT2D eigenvalue weighted by molar-refractivity contribution is 0.0981. The highest BCUT2D eigenvalue weighted by atomic mass is 32.2. The highest BCUT2D eigenvalue weighted by Gasteiger charge is 2.23. The maximum Gasteiger partial charge on any atom is 0.322 e. The van der Waals surface area contributed by atoms with E-state index in [4.69, 9.17) is 0 Å². The number of carbonyl (C=O) groups is 2. The van der Waals surface area contributed by atoms with Gasteiger partial charge in [0.15, 0.2) is 0 Å². The van der Waals surface area contributed by atoms with Crippen LogP contribution < -0.4 is 14.9 Å². The molecule has 232 valence electrons. The zero-order valence-electron chi connectivity index (χ0n) is 26.0. The standard InChI is InChI=1S/C36H38N4O4S/c1-5-6-23-38-35(42)40(31-21-13-26(24-37)14-22-31)25-27-11-15-28(16-12-27)32-9-7-8-10-33(32)45(43,44)39-34(41)29-17-19-30(20-18-29)36(2,3)4/h7-22H,5-6,23,25H2,1-4H3,(H,38,42)(H,39,41). The van der Waals surface area contributed by atoms with Crippen LogP contribution in [0.3, 0.4) is 0 Å². The van der Waals surface area contributed by atoms with E-state index < -0.39 is 15.9 Å². The van der Waals surface area contributed by atoms with Gasteiger partial charge in [-0.1, -0.05) is 88.7 Å². The maximum absolute atomic E-state index is 13.4. The second-order valence-electron chi connectivity index (χ2n) is 11.8. The number of urea groups is 1. The van der Waals surface area contributed by atoms with Gasteiger partial charge < -0.3 is 5.32 Å². The summed E-state index contributed by atoms with van der Waals surface area (Å²) in [6, 6.07) is 29.3. The number of amides is 3. The van der Waals surface area contributed by atoms with E-state index >= 15 is 0 Å². The van der Waals surface area contributed by atoms with Gasteiger partial charge in [0.05, 0.1) is 23.1 Å². The van der Waals surface area contributed by atoms with Gasteiger partial charge in [-0.2, -0.15) is 5.26 Å². The number of nitrogens with zero attached hydrogens (tertiary/aromatic N) is 2. The summed E-state index contributed by atoms with van der Waals surface area (Å²) >= 11 is 0. The van der Waals surface area contributed by atoms with Crippen LogP contribution >= 0.6 is 0 Å². The van der Waals surface area contributed by atoms with Crippen LogP contribution in [-0.2, 0) is 22.0 Å². The zero-order chi connectivity index (χ0) is 32.6. The first-order valence-electron chi connectivity index (χ1n) is 14.8. The molecule has 4 aromatic rings. The second kappa shape index (κ2) is 14.2. The Labute approximate surface area is 265 Å². The second-order valence-corrected chi connectivity index (χ2v) is 13.4. The van der Waals surface area contributed by atoms with Crippen molar-refractivity contribution in [3.63, 3.8) is 0 Å². The van der Waals surface area contributed by atoms with Crippen molar-refractivity contribution < 1.29 is 18.0 Å². The molecule has 3 amide bonds. The molecule has 2 N–H and O–H groups in total. The Morgan fingerprint density at radius 3 is 2.11 bits per heavy atom. The van der Waals surface area contributed by atoms with Gasteiger partial charge in [0, 0.05) is 23.4 Å². The average Bonchev–Trinajstić information content (AvgIpc) is 3.03. The molecule has 9 heteroatoms. The summed E-state index contributed by atoms with van der Waals surface area (Å²) in [6.45, 7) is 9.04. The molecule has 0 aliphatic heterocycles. The normalized spacial score (nSPS) is 11.4.